The molecule has 2 aromatic rings. The molecule has 0 saturated carbocycles. The molecule has 2 amide bonds. The molecule has 2 heterocycles. The first-order valence-electron chi connectivity index (χ1n) is 8.61. The van der Waals surface area contributed by atoms with Gasteiger partial charge in [-0.2, -0.15) is 0 Å². The van der Waals surface area contributed by atoms with Crippen molar-refractivity contribution in [3.8, 4) is 0 Å². The summed E-state index contributed by atoms with van der Waals surface area (Å²) in [4.78, 5) is 39.4. The Balaban J connectivity index is 1.84. The highest BCUT2D eigenvalue weighted by molar-refractivity contribution is 7.17. The number of ether oxygens (including phenoxy) is 1. The highest BCUT2D eigenvalue weighted by atomic mass is 32.1. The zero-order chi connectivity index (χ0) is 19.6. The summed E-state index contributed by atoms with van der Waals surface area (Å²) in [7, 11) is 1.30. The van der Waals surface area contributed by atoms with Gasteiger partial charge in [-0.3, -0.25) is 14.5 Å². The largest absolute Gasteiger partial charge is 0.465 e. The molecule has 0 spiro atoms. The van der Waals surface area contributed by atoms with E-state index in [9.17, 15) is 14.4 Å². The Morgan fingerprint density at radius 2 is 1.89 bits per heavy atom. The molecule has 0 fully saturated rings. The summed E-state index contributed by atoms with van der Waals surface area (Å²) < 4.78 is 4.65. The van der Waals surface area contributed by atoms with Crippen LogP contribution in [0.25, 0.3) is 0 Å². The summed E-state index contributed by atoms with van der Waals surface area (Å²) in [6, 6.07) is 6.12. The van der Waals surface area contributed by atoms with E-state index in [0.29, 0.717) is 21.7 Å². The Labute approximate surface area is 161 Å². The van der Waals surface area contributed by atoms with Gasteiger partial charge in [0.15, 0.2) is 0 Å². The van der Waals surface area contributed by atoms with Crippen molar-refractivity contribution < 1.29 is 19.1 Å². The number of carbonyl (C=O) groups excluding carboxylic acids is 3. The lowest BCUT2D eigenvalue weighted by Gasteiger charge is -2.25. The van der Waals surface area contributed by atoms with Crippen LogP contribution in [0.2, 0.25) is 0 Å². The van der Waals surface area contributed by atoms with Crippen LogP contribution in [0.3, 0.4) is 0 Å². The van der Waals surface area contributed by atoms with E-state index in [4.69, 9.17) is 5.73 Å². The second-order valence-electron chi connectivity index (χ2n) is 6.21. The van der Waals surface area contributed by atoms with Gasteiger partial charge in [-0.25, -0.2) is 4.79 Å². The van der Waals surface area contributed by atoms with Crippen molar-refractivity contribution in [2.24, 2.45) is 5.73 Å². The topological polar surface area (TPSA) is 102 Å². The van der Waals surface area contributed by atoms with Gasteiger partial charge >= 0.3 is 5.97 Å². The number of anilines is 1. The molecule has 1 aromatic heterocycles. The normalized spacial score (nSPS) is 13.7. The van der Waals surface area contributed by atoms with Crippen LogP contribution in [0, 0.1) is 0 Å². The maximum Gasteiger partial charge on any atom is 0.337 e. The maximum atomic E-state index is 12.6. The van der Waals surface area contributed by atoms with Gasteiger partial charge in [-0.1, -0.05) is 6.92 Å². The number of nitrogens with two attached hydrogens (primary N) is 1. The summed E-state index contributed by atoms with van der Waals surface area (Å²) in [6.45, 7) is 4.63. The van der Waals surface area contributed by atoms with Crippen LogP contribution in [0.1, 0.15) is 48.4 Å². The number of carbonyl (C=O) groups is 3. The molecule has 0 saturated heterocycles. The van der Waals surface area contributed by atoms with Gasteiger partial charge in [0, 0.05) is 23.5 Å². The van der Waals surface area contributed by atoms with Crippen LogP contribution in [-0.2, 0) is 17.7 Å². The minimum Gasteiger partial charge on any atom is -0.465 e. The summed E-state index contributed by atoms with van der Waals surface area (Å²) >= 11 is 1.40. The summed E-state index contributed by atoms with van der Waals surface area (Å²) in [5, 5.41) is 3.28. The fraction of sp³-hybridized carbons (Fsp3) is 0.316. The minimum absolute atomic E-state index is 0.359. The minimum atomic E-state index is -0.534. The predicted molar refractivity (Wildman–Crippen MR) is 103 cm³/mol. The van der Waals surface area contributed by atoms with E-state index in [0.717, 1.165) is 36.5 Å². The molecule has 1 aliphatic rings. The van der Waals surface area contributed by atoms with Crippen molar-refractivity contribution in [2.75, 3.05) is 25.5 Å². The average Bonchev–Trinajstić information content (AvgIpc) is 3.04. The number of amides is 2. The Morgan fingerprint density at radius 1 is 1.22 bits per heavy atom. The third-order valence-electron chi connectivity index (χ3n) is 4.62. The number of benzene rings is 1. The van der Waals surface area contributed by atoms with Gasteiger partial charge in [0.25, 0.3) is 11.8 Å². The molecule has 142 valence electrons. The van der Waals surface area contributed by atoms with Crippen LogP contribution in [0.15, 0.2) is 24.3 Å². The van der Waals surface area contributed by atoms with Gasteiger partial charge in [0.2, 0.25) is 0 Å². The number of nitrogens with one attached hydrogen (secondary N) is 1. The van der Waals surface area contributed by atoms with E-state index in [1.165, 1.54) is 42.7 Å². The number of nitrogens with zero attached hydrogens (tertiary/aromatic N) is 1. The van der Waals surface area contributed by atoms with Crippen LogP contribution < -0.4 is 11.1 Å². The molecule has 0 bridgehead atoms. The molecule has 27 heavy (non-hydrogen) atoms. The van der Waals surface area contributed by atoms with E-state index < -0.39 is 11.9 Å². The number of thiophene rings is 1. The zero-order valence-electron chi connectivity index (χ0n) is 15.2. The van der Waals surface area contributed by atoms with Gasteiger partial charge in [-0.05, 0) is 42.8 Å². The number of esters is 1. The number of methoxy groups -OCH3 is 1. The number of primary amides is 1. The molecule has 0 radical (unpaired) electrons. The average molecular weight is 387 g/mol. The molecule has 0 aliphatic carbocycles. The first-order valence-corrected chi connectivity index (χ1v) is 9.42. The number of likely N-dealkylation sites (N-methyl/N-ethyl adjacent to an activating group) is 1. The molecule has 7 nitrogen and oxygen atoms in total. The zero-order valence-corrected chi connectivity index (χ0v) is 16.0. The second kappa shape index (κ2) is 7.89. The van der Waals surface area contributed by atoms with Gasteiger partial charge in [-0.15, -0.1) is 11.3 Å². The van der Waals surface area contributed by atoms with Crippen LogP contribution >= 0.6 is 11.3 Å². The first kappa shape index (κ1) is 19.1. The van der Waals surface area contributed by atoms with Crippen LogP contribution in [0.5, 0.6) is 0 Å². The third-order valence-corrected chi connectivity index (χ3v) is 5.76. The lowest BCUT2D eigenvalue weighted by molar-refractivity contribution is 0.0600. The molecule has 1 aliphatic heterocycles. The standard InChI is InChI=1S/C19H21N3O4S/c1-3-22-9-8-13-14(10-22)27-18(15(13)16(20)23)21-17(24)11-4-6-12(7-5-11)19(25)26-2/h4-7H,3,8-10H2,1-2H3,(H2,20,23)(H,21,24). The summed E-state index contributed by atoms with van der Waals surface area (Å²) in [5.41, 5.74) is 7.66. The van der Waals surface area contributed by atoms with Crippen LogP contribution in [-0.4, -0.2) is 42.9 Å². The van der Waals surface area contributed by atoms with Gasteiger partial charge < -0.3 is 15.8 Å². The third kappa shape index (κ3) is 3.86. The van der Waals surface area contributed by atoms with Gasteiger partial charge in [0.05, 0.1) is 18.2 Å². The van der Waals surface area contributed by atoms with Crippen LogP contribution in [0.4, 0.5) is 5.00 Å². The Kier molecular flexibility index (Phi) is 5.57. The Morgan fingerprint density at radius 3 is 2.48 bits per heavy atom. The van der Waals surface area contributed by atoms with Crippen molar-refractivity contribution in [3.05, 3.63) is 51.4 Å². The molecule has 8 heteroatoms. The molecule has 3 N–H and O–H groups in total. The predicted octanol–water partition coefficient (Wildman–Crippen LogP) is 2.26. The van der Waals surface area contributed by atoms with Crippen molar-refractivity contribution in [1.29, 1.82) is 0 Å². The SMILES string of the molecule is CCN1CCc2c(sc(NC(=O)c3ccc(C(=O)OC)cc3)c2C(N)=O)C1. The molecular weight excluding hydrogens is 366 g/mol. The van der Waals surface area contributed by atoms with Gasteiger partial charge in [0.1, 0.15) is 5.00 Å². The first-order chi connectivity index (χ1) is 12.9. The van der Waals surface area contributed by atoms with E-state index in [-0.39, 0.29) is 5.91 Å². The Bertz CT molecular complexity index is 889. The fourth-order valence-corrected chi connectivity index (χ4v) is 4.42. The van der Waals surface area contributed by atoms with Crippen molar-refractivity contribution in [3.63, 3.8) is 0 Å². The lowest BCUT2D eigenvalue weighted by atomic mass is 10.0. The number of hydrogen-bond acceptors (Lipinski definition) is 6. The van der Waals surface area contributed by atoms with E-state index >= 15 is 0 Å². The highest BCUT2D eigenvalue weighted by Crippen LogP contribution is 2.37. The van der Waals surface area contributed by atoms with E-state index in [1.54, 1.807) is 0 Å². The molecular formula is C19H21N3O4S. The summed E-state index contributed by atoms with van der Waals surface area (Å²) in [5.74, 6) is -1.36. The van der Waals surface area contributed by atoms with E-state index in [1.807, 2.05) is 0 Å². The second-order valence-corrected chi connectivity index (χ2v) is 7.32. The monoisotopic (exact) mass is 387 g/mol. The molecule has 0 unspecified atom stereocenters. The quantitative estimate of drug-likeness (QED) is 0.767. The number of rotatable bonds is 5. The fourth-order valence-electron chi connectivity index (χ4n) is 3.13. The van der Waals surface area contributed by atoms with Crippen molar-refractivity contribution in [2.45, 2.75) is 19.9 Å². The van der Waals surface area contributed by atoms with E-state index in [2.05, 4.69) is 21.9 Å². The lowest BCUT2D eigenvalue weighted by Crippen LogP contribution is -2.30. The maximum absolute atomic E-state index is 12.6. The van der Waals surface area contributed by atoms with Crippen molar-refractivity contribution >= 4 is 34.1 Å². The van der Waals surface area contributed by atoms with Crippen molar-refractivity contribution in [1.82, 2.24) is 4.90 Å². The highest BCUT2D eigenvalue weighted by Gasteiger charge is 2.27. The smallest absolute Gasteiger partial charge is 0.337 e. The molecule has 1 aromatic carbocycles. The molecule has 0 atom stereocenters. The Hall–Kier alpha value is -2.71. The summed E-state index contributed by atoms with van der Waals surface area (Å²) in [6.07, 6.45) is 0.738. The number of fused-ring (bicyclic) bond motifs is 1. The number of hydrogen-bond donors (Lipinski definition) is 2. The molecule has 3 rings (SSSR count).